The number of nitrogens with one attached hydrogen (secondary N) is 1. The fraction of sp³-hybridized carbons (Fsp3) is 0.118. The highest BCUT2D eigenvalue weighted by Crippen LogP contribution is 2.28. The van der Waals surface area contributed by atoms with Crippen LogP contribution in [0.15, 0.2) is 47.6 Å². The minimum atomic E-state index is -0.459. The number of methoxy groups -OCH3 is 1. The number of nitrogen functional groups attached to an aromatic ring is 1. The lowest BCUT2D eigenvalue weighted by Gasteiger charge is -2.10. The predicted octanol–water partition coefficient (Wildman–Crippen LogP) is 3.19. The lowest BCUT2D eigenvalue weighted by atomic mass is 10.2. The average Bonchev–Trinajstić information content (AvgIpc) is 3.01. The van der Waals surface area contributed by atoms with Crippen molar-refractivity contribution in [2.75, 3.05) is 24.0 Å². The van der Waals surface area contributed by atoms with Crippen molar-refractivity contribution in [3.63, 3.8) is 0 Å². The molecule has 0 fully saturated rings. The van der Waals surface area contributed by atoms with E-state index < -0.39 is 5.82 Å². The van der Waals surface area contributed by atoms with Gasteiger partial charge < -0.3 is 15.9 Å². The number of benzene rings is 2. The number of hydrogen-bond donors (Lipinski definition) is 2. The van der Waals surface area contributed by atoms with E-state index >= 15 is 0 Å². The third-order valence-corrected chi connectivity index (χ3v) is 4.73. The summed E-state index contributed by atoms with van der Waals surface area (Å²) in [4.78, 5) is 12.2. The summed E-state index contributed by atoms with van der Waals surface area (Å²) in [7, 11) is 1.49. The number of nitrogens with two attached hydrogens (primary N) is 1. The van der Waals surface area contributed by atoms with E-state index in [9.17, 15) is 9.18 Å². The molecule has 1 amide bonds. The minimum Gasteiger partial charge on any atom is -0.495 e. The molecule has 0 aliphatic rings. The molecule has 27 heavy (non-hydrogen) atoms. The van der Waals surface area contributed by atoms with Gasteiger partial charge in [-0.1, -0.05) is 35.5 Å². The second kappa shape index (κ2) is 8.28. The summed E-state index contributed by atoms with van der Waals surface area (Å²) in [6.07, 6.45) is 0. The van der Waals surface area contributed by atoms with E-state index in [1.165, 1.54) is 13.2 Å². The van der Waals surface area contributed by atoms with E-state index in [2.05, 4.69) is 15.5 Å². The SMILES string of the molecule is COc1ccc(Cl)cc1NC(=O)CSc1nnc(-c2ccccc2F)n1N. The second-order valence-corrected chi connectivity index (χ2v) is 6.72. The first kappa shape index (κ1) is 19.0. The van der Waals surface area contributed by atoms with Crippen LogP contribution in [-0.2, 0) is 4.79 Å². The molecular formula is C17H15ClFN5O2S. The largest absolute Gasteiger partial charge is 0.495 e. The van der Waals surface area contributed by atoms with Crippen molar-refractivity contribution in [2.24, 2.45) is 0 Å². The highest BCUT2D eigenvalue weighted by Gasteiger charge is 2.17. The Balaban J connectivity index is 1.68. The molecule has 7 nitrogen and oxygen atoms in total. The maximum Gasteiger partial charge on any atom is 0.234 e. The van der Waals surface area contributed by atoms with Crippen LogP contribution in [0, 0.1) is 5.82 Å². The van der Waals surface area contributed by atoms with E-state index in [0.717, 1.165) is 16.4 Å². The fourth-order valence-electron chi connectivity index (χ4n) is 2.30. The number of carbonyl (C=O) groups is 1. The molecule has 1 aromatic heterocycles. The average molecular weight is 408 g/mol. The van der Waals surface area contributed by atoms with E-state index in [1.54, 1.807) is 36.4 Å². The maximum absolute atomic E-state index is 13.9. The van der Waals surface area contributed by atoms with E-state index in [1.807, 2.05) is 0 Å². The molecule has 0 unspecified atom stereocenters. The molecule has 3 aromatic rings. The summed E-state index contributed by atoms with van der Waals surface area (Å²) in [5.41, 5.74) is 0.685. The number of rotatable bonds is 6. The molecule has 3 rings (SSSR count). The molecule has 1 heterocycles. The van der Waals surface area contributed by atoms with Crippen LogP contribution < -0.4 is 15.9 Å². The number of thioether (sulfide) groups is 1. The van der Waals surface area contributed by atoms with Crippen molar-refractivity contribution < 1.29 is 13.9 Å². The molecule has 10 heteroatoms. The number of ether oxygens (including phenoxy) is 1. The third-order valence-electron chi connectivity index (χ3n) is 3.55. The summed E-state index contributed by atoms with van der Waals surface area (Å²) >= 11 is 7.01. The van der Waals surface area contributed by atoms with Crippen molar-refractivity contribution in [3.05, 3.63) is 53.3 Å². The Bertz CT molecular complexity index is 982. The van der Waals surface area contributed by atoms with E-state index in [4.69, 9.17) is 22.2 Å². The zero-order valence-corrected chi connectivity index (χ0v) is 15.7. The minimum absolute atomic E-state index is 0.0161. The first-order valence-electron chi connectivity index (χ1n) is 7.71. The van der Waals surface area contributed by atoms with Gasteiger partial charge in [-0.25, -0.2) is 9.07 Å². The summed E-state index contributed by atoms with van der Waals surface area (Å²) in [6, 6.07) is 11.0. The van der Waals surface area contributed by atoms with Gasteiger partial charge in [0.1, 0.15) is 11.6 Å². The summed E-state index contributed by atoms with van der Waals surface area (Å²) in [5.74, 6) is 5.85. The zero-order valence-electron chi connectivity index (χ0n) is 14.1. The fourth-order valence-corrected chi connectivity index (χ4v) is 3.12. The quantitative estimate of drug-likeness (QED) is 0.481. The number of hydrogen-bond acceptors (Lipinski definition) is 6. The molecule has 0 atom stereocenters. The Hall–Kier alpha value is -2.78. The first-order chi connectivity index (χ1) is 13.0. The van der Waals surface area contributed by atoms with Gasteiger partial charge in [0.25, 0.3) is 0 Å². The second-order valence-electron chi connectivity index (χ2n) is 5.34. The van der Waals surface area contributed by atoms with Gasteiger partial charge in [-0.2, -0.15) is 0 Å². The molecule has 2 aromatic carbocycles. The van der Waals surface area contributed by atoms with Gasteiger partial charge in [-0.05, 0) is 30.3 Å². The van der Waals surface area contributed by atoms with E-state index in [0.29, 0.717) is 16.5 Å². The number of carbonyl (C=O) groups excluding carboxylic acids is 1. The highest BCUT2D eigenvalue weighted by molar-refractivity contribution is 7.99. The molecular weight excluding hydrogens is 393 g/mol. The Morgan fingerprint density at radius 3 is 2.85 bits per heavy atom. The summed E-state index contributed by atoms with van der Waals surface area (Å²) in [5, 5.41) is 11.3. The lowest BCUT2D eigenvalue weighted by molar-refractivity contribution is -0.113. The maximum atomic E-state index is 13.9. The van der Waals surface area contributed by atoms with Crippen molar-refractivity contribution in [1.82, 2.24) is 14.9 Å². The Morgan fingerprint density at radius 1 is 1.33 bits per heavy atom. The number of aromatic nitrogens is 3. The topological polar surface area (TPSA) is 95.1 Å². The van der Waals surface area contributed by atoms with Crippen molar-refractivity contribution in [1.29, 1.82) is 0 Å². The molecule has 0 saturated carbocycles. The molecule has 0 radical (unpaired) electrons. The van der Waals surface area contributed by atoms with Crippen LogP contribution in [0.1, 0.15) is 0 Å². The van der Waals surface area contributed by atoms with Gasteiger partial charge in [-0.15, -0.1) is 10.2 Å². The molecule has 0 aliphatic heterocycles. The number of anilines is 1. The Labute approximate surface area is 163 Å². The van der Waals surface area contributed by atoms with Crippen LogP contribution in [0.2, 0.25) is 5.02 Å². The summed E-state index contributed by atoms with van der Waals surface area (Å²) < 4.78 is 20.2. The van der Waals surface area contributed by atoms with Gasteiger partial charge in [0.15, 0.2) is 5.82 Å². The van der Waals surface area contributed by atoms with E-state index in [-0.39, 0.29) is 28.2 Å². The van der Waals surface area contributed by atoms with Crippen molar-refractivity contribution in [2.45, 2.75) is 5.16 Å². The highest BCUT2D eigenvalue weighted by atomic mass is 35.5. The third kappa shape index (κ3) is 4.32. The molecule has 140 valence electrons. The van der Waals surface area contributed by atoms with Crippen molar-refractivity contribution >= 4 is 35.0 Å². The molecule has 3 N–H and O–H groups in total. The Morgan fingerprint density at radius 2 is 2.11 bits per heavy atom. The van der Waals surface area contributed by atoms with Gasteiger partial charge >= 0.3 is 0 Å². The van der Waals surface area contributed by atoms with Gasteiger partial charge in [0.2, 0.25) is 11.1 Å². The van der Waals surface area contributed by atoms with Crippen LogP contribution >= 0.6 is 23.4 Å². The van der Waals surface area contributed by atoms with Crippen LogP contribution in [0.3, 0.4) is 0 Å². The van der Waals surface area contributed by atoms with Crippen molar-refractivity contribution in [3.8, 4) is 17.1 Å². The van der Waals surface area contributed by atoms with Crippen LogP contribution in [0.5, 0.6) is 5.75 Å². The van der Waals surface area contributed by atoms with Gasteiger partial charge in [0, 0.05) is 5.02 Å². The Kier molecular flexibility index (Phi) is 5.82. The molecule has 0 bridgehead atoms. The number of nitrogens with zero attached hydrogens (tertiary/aromatic N) is 3. The zero-order chi connectivity index (χ0) is 19.4. The predicted molar refractivity (Wildman–Crippen MR) is 103 cm³/mol. The lowest BCUT2D eigenvalue weighted by Crippen LogP contribution is -2.17. The summed E-state index contributed by atoms with van der Waals surface area (Å²) in [6.45, 7) is 0. The number of amides is 1. The van der Waals surface area contributed by atoms with Crippen LogP contribution in [-0.4, -0.2) is 33.6 Å². The van der Waals surface area contributed by atoms with Gasteiger partial charge in [0.05, 0.1) is 24.1 Å². The normalized spacial score (nSPS) is 10.6. The first-order valence-corrected chi connectivity index (χ1v) is 9.07. The molecule has 0 spiro atoms. The van der Waals surface area contributed by atoms with Crippen LogP contribution in [0.25, 0.3) is 11.4 Å². The molecule has 0 aliphatic carbocycles. The monoisotopic (exact) mass is 407 g/mol. The van der Waals surface area contributed by atoms with Gasteiger partial charge in [-0.3, -0.25) is 4.79 Å². The standard InChI is InChI=1S/C17H15ClFN5O2S/c1-26-14-7-6-10(18)8-13(14)21-15(25)9-27-17-23-22-16(24(17)20)11-4-2-3-5-12(11)19/h2-8H,9,20H2,1H3,(H,21,25). The molecule has 0 saturated heterocycles. The van der Waals surface area contributed by atoms with Crippen LogP contribution in [0.4, 0.5) is 10.1 Å². The number of halogens is 2. The smallest absolute Gasteiger partial charge is 0.234 e.